The fourth-order valence-corrected chi connectivity index (χ4v) is 3.98. The number of methoxy groups -OCH3 is 1. The Balaban J connectivity index is 1.49. The highest BCUT2D eigenvalue weighted by Crippen LogP contribution is 2.34. The Morgan fingerprint density at radius 2 is 1.72 bits per heavy atom. The Morgan fingerprint density at radius 1 is 1.06 bits per heavy atom. The molecular formula is C26H36N2O4. The number of anilines is 1. The summed E-state index contributed by atoms with van der Waals surface area (Å²) in [6.45, 7) is 12.4. The summed E-state index contributed by atoms with van der Waals surface area (Å²) in [7, 11) is 1.66. The number of hydrogen-bond acceptors (Lipinski definition) is 6. The number of rotatable bonds is 8. The smallest absolute Gasteiger partial charge is 0.159 e. The molecule has 0 aliphatic carbocycles. The van der Waals surface area contributed by atoms with E-state index >= 15 is 0 Å². The highest BCUT2D eigenvalue weighted by molar-refractivity contribution is 5.94. The van der Waals surface area contributed by atoms with Gasteiger partial charge in [-0.05, 0) is 54.8 Å². The maximum atomic E-state index is 11.5. The zero-order valence-corrected chi connectivity index (χ0v) is 19.9. The van der Waals surface area contributed by atoms with Crippen LogP contribution in [0, 0.1) is 0 Å². The number of piperazine rings is 1. The molecule has 1 fully saturated rings. The van der Waals surface area contributed by atoms with Crippen LogP contribution < -0.4 is 14.4 Å². The molecule has 1 saturated heterocycles. The number of hydrogen-bond donors (Lipinski definition) is 1. The summed E-state index contributed by atoms with van der Waals surface area (Å²) < 4.78 is 11.4. The van der Waals surface area contributed by atoms with E-state index < -0.39 is 6.10 Å². The Bertz CT molecular complexity index is 897. The van der Waals surface area contributed by atoms with Gasteiger partial charge in [0, 0.05) is 49.5 Å². The maximum Gasteiger partial charge on any atom is 0.159 e. The summed E-state index contributed by atoms with van der Waals surface area (Å²) in [5.74, 6) is 1.68. The normalized spacial score (nSPS) is 16.0. The van der Waals surface area contributed by atoms with Gasteiger partial charge >= 0.3 is 0 Å². The van der Waals surface area contributed by atoms with E-state index in [1.807, 2.05) is 42.5 Å². The molecule has 32 heavy (non-hydrogen) atoms. The van der Waals surface area contributed by atoms with E-state index in [-0.39, 0.29) is 17.8 Å². The first-order valence-electron chi connectivity index (χ1n) is 11.2. The van der Waals surface area contributed by atoms with Gasteiger partial charge < -0.3 is 19.5 Å². The Labute approximate surface area is 191 Å². The fraction of sp³-hybridized carbons (Fsp3) is 0.500. The molecule has 0 amide bonds. The van der Waals surface area contributed by atoms with E-state index in [2.05, 4.69) is 30.6 Å². The van der Waals surface area contributed by atoms with Crippen molar-refractivity contribution in [3.63, 3.8) is 0 Å². The number of carbonyl (C=O) groups excluding carboxylic acids is 1. The van der Waals surface area contributed by atoms with Crippen LogP contribution in [-0.4, -0.2) is 68.3 Å². The van der Waals surface area contributed by atoms with Gasteiger partial charge in [0.25, 0.3) is 0 Å². The molecule has 3 rings (SSSR count). The SMILES string of the molecule is COc1ccc(OCC(O)CN2CCN(c3ccc(C(C)=O)cc3)CC2)c(C(C)(C)C)c1. The van der Waals surface area contributed by atoms with Crippen molar-refractivity contribution in [2.45, 2.75) is 39.2 Å². The van der Waals surface area contributed by atoms with E-state index in [0.29, 0.717) is 6.54 Å². The number of benzene rings is 2. The van der Waals surface area contributed by atoms with Crippen LogP contribution in [0.2, 0.25) is 0 Å². The number of nitrogens with zero attached hydrogens (tertiary/aromatic N) is 2. The fourth-order valence-electron chi connectivity index (χ4n) is 3.98. The number of ketones is 1. The zero-order chi connectivity index (χ0) is 23.3. The lowest BCUT2D eigenvalue weighted by Gasteiger charge is -2.37. The topological polar surface area (TPSA) is 62.2 Å². The largest absolute Gasteiger partial charge is 0.497 e. The number of carbonyl (C=O) groups is 1. The molecule has 1 atom stereocenters. The van der Waals surface area contributed by atoms with Gasteiger partial charge in [-0.3, -0.25) is 9.69 Å². The zero-order valence-electron chi connectivity index (χ0n) is 19.9. The molecule has 6 nitrogen and oxygen atoms in total. The number of aliphatic hydroxyl groups is 1. The van der Waals surface area contributed by atoms with Crippen molar-refractivity contribution >= 4 is 11.5 Å². The van der Waals surface area contributed by atoms with E-state index in [9.17, 15) is 9.90 Å². The molecule has 1 unspecified atom stereocenters. The third-order valence-electron chi connectivity index (χ3n) is 5.91. The van der Waals surface area contributed by atoms with Gasteiger partial charge in [-0.15, -0.1) is 0 Å². The maximum absolute atomic E-state index is 11.5. The van der Waals surface area contributed by atoms with Crippen molar-refractivity contribution in [3.8, 4) is 11.5 Å². The third kappa shape index (κ3) is 6.24. The molecule has 0 radical (unpaired) electrons. The van der Waals surface area contributed by atoms with Crippen molar-refractivity contribution < 1.29 is 19.4 Å². The quantitative estimate of drug-likeness (QED) is 0.631. The second-order valence-corrected chi connectivity index (χ2v) is 9.47. The Kier molecular flexibility index (Phi) is 7.80. The molecule has 174 valence electrons. The van der Waals surface area contributed by atoms with Crippen LogP contribution in [0.15, 0.2) is 42.5 Å². The van der Waals surface area contributed by atoms with Crippen molar-refractivity contribution in [2.75, 3.05) is 51.3 Å². The average Bonchev–Trinajstić information content (AvgIpc) is 2.77. The predicted molar refractivity (Wildman–Crippen MR) is 128 cm³/mol. The van der Waals surface area contributed by atoms with Gasteiger partial charge in [-0.2, -0.15) is 0 Å². The van der Waals surface area contributed by atoms with E-state index in [1.54, 1.807) is 14.0 Å². The van der Waals surface area contributed by atoms with Gasteiger partial charge in [0.2, 0.25) is 0 Å². The second-order valence-electron chi connectivity index (χ2n) is 9.47. The lowest BCUT2D eigenvalue weighted by Crippen LogP contribution is -2.49. The second kappa shape index (κ2) is 10.4. The summed E-state index contributed by atoms with van der Waals surface area (Å²) in [4.78, 5) is 16.0. The van der Waals surface area contributed by atoms with Crippen LogP contribution >= 0.6 is 0 Å². The van der Waals surface area contributed by atoms with Gasteiger partial charge in [-0.25, -0.2) is 0 Å². The highest BCUT2D eigenvalue weighted by Gasteiger charge is 2.22. The lowest BCUT2D eigenvalue weighted by atomic mass is 9.86. The standard InChI is InChI=1S/C26H36N2O4/c1-19(29)20-6-8-21(9-7-20)28-14-12-27(13-15-28)17-22(30)18-32-25-11-10-23(31-5)16-24(25)26(2,3)4/h6-11,16,22,30H,12-15,17-18H2,1-5H3. The van der Waals surface area contributed by atoms with E-state index in [4.69, 9.17) is 9.47 Å². The first-order chi connectivity index (χ1) is 15.2. The number of aliphatic hydroxyl groups excluding tert-OH is 1. The van der Waals surface area contributed by atoms with Crippen LogP contribution in [0.5, 0.6) is 11.5 Å². The first-order valence-corrected chi connectivity index (χ1v) is 11.2. The Hall–Kier alpha value is -2.57. The molecule has 0 aromatic heterocycles. The minimum absolute atomic E-state index is 0.0850. The van der Waals surface area contributed by atoms with Crippen LogP contribution in [0.25, 0.3) is 0 Å². The summed E-state index contributed by atoms with van der Waals surface area (Å²) in [6.07, 6.45) is -0.564. The molecule has 1 aliphatic heterocycles. The minimum Gasteiger partial charge on any atom is -0.497 e. The van der Waals surface area contributed by atoms with E-state index in [1.165, 1.54) is 0 Å². The summed E-state index contributed by atoms with van der Waals surface area (Å²) >= 11 is 0. The average molecular weight is 441 g/mol. The monoisotopic (exact) mass is 440 g/mol. The van der Waals surface area contributed by atoms with Gasteiger partial charge in [0.1, 0.15) is 24.2 Å². The molecule has 1 aliphatic rings. The van der Waals surface area contributed by atoms with Crippen molar-refractivity contribution in [1.82, 2.24) is 4.90 Å². The van der Waals surface area contributed by atoms with Crippen molar-refractivity contribution in [3.05, 3.63) is 53.6 Å². The Morgan fingerprint density at radius 3 is 2.28 bits per heavy atom. The number of ether oxygens (including phenoxy) is 2. The lowest BCUT2D eigenvalue weighted by molar-refractivity contribution is 0.0656. The summed E-state index contributed by atoms with van der Waals surface area (Å²) in [6, 6.07) is 13.6. The molecule has 2 aromatic carbocycles. The van der Waals surface area contributed by atoms with Crippen LogP contribution in [0.3, 0.4) is 0 Å². The van der Waals surface area contributed by atoms with Gasteiger partial charge in [0.05, 0.1) is 7.11 Å². The van der Waals surface area contributed by atoms with Crippen molar-refractivity contribution in [2.24, 2.45) is 0 Å². The van der Waals surface area contributed by atoms with Crippen LogP contribution in [-0.2, 0) is 5.41 Å². The molecule has 6 heteroatoms. The van der Waals surface area contributed by atoms with Crippen LogP contribution in [0.1, 0.15) is 43.6 Å². The molecule has 0 bridgehead atoms. The molecule has 0 saturated carbocycles. The van der Waals surface area contributed by atoms with Crippen molar-refractivity contribution in [1.29, 1.82) is 0 Å². The highest BCUT2D eigenvalue weighted by atomic mass is 16.5. The van der Waals surface area contributed by atoms with Crippen LogP contribution in [0.4, 0.5) is 5.69 Å². The van der Waals surface area contributed by atoms with E-state index in [0.717, 1.165) is 54.5 Å². The minimum atomic E-state index is -0.564. The summed E-state index contributed by atoms with van der Waals surface area (Å²) in [5.41, 5.74) is 2.84. The third-order valence-corrected chi connectivity index (χ3v) is 5.91. The molecular weight excluding hydrogens is 404 g/mol. The predicted octanol–water partition coefficient (Wildman–Crippen LogP) is 3.76. The molecule has 0 spiro atoms. The molecule has 1 N–H and O–H groups in total. The number of β-amino-alcohol motifs (C(OH)–C–C–N with tert-alkyl or cyclic N) is 1. The first kappa shape index (κ1) is 24.1. The number of Topliss-reactive ketones (excluding diaryl/α,β-unsaturated/α-hetero) is 1. The molecule has 2 aromatic rings. The van der Waals surface area contributed by atoms with Gasteiger partial charge in [-0.1, -0.05) is 20.8 Å². The molecule has 1 heterocycles. The van der Waals surface area contributed by atoms with Gasteiger partial charge in [0.15, 0.2) is 5.78 Å². The summed E-state index contributed by atoms with van der Waals surface area (Å²) in [5, 5.41) is 10.6.